The van der Waals surface area contributed by atoms with E-state index in [1.165, 1.54) is 18.4 Å². The first kappa shape index (κ1) is 14.5. The predicted octanol–water partition coefficient (Wildman–Crippen LogP) is 2.95. The van der Waals surface area contributed by atoms with E-state index in [1.807, 2.05) is 12.4 Å². The van der Waals surface area contributed by atoms with E-state index in [1.54, 1.807) is 0 Å². The van der Waals surface area contributed by atoms with Gasteiger partial charge in [0, 0.05) is 25.0 Å². The summed E-state index contributed by atoms with van der Waals surface area (Å²) in [5.74, 6) is 0. The van der Waals surface area contributed by atoms with Gasteiger partial charge in [0.25, 0.3) is 0 Å². The second kappa shape index (κ2) is 7.01. The summed E-state index contributed by atoms with van der Waals surface area (Å²) in [6.07, 6.45) is 9.54. The molecule has 2 atom stereocenters. The maximum Gasteiger partial charge on any atom is 0.0810 e. The van der Waals surface area contributed by atoms with E-state index in [9.17, 15) is 0 Å². The summed E-state index contributed by atoms with van der Waals surface area (Å²) in [4.78, 5) is 4.09. The molecule has 2 rings (SSSR count). The Bertz CT molecular complexity index is 360. The molecule has 106 valence electrons. The summed E-state index contributed by atoms with van der Waals surface area (Å²) < 4.78 is 6.12. The van der Waals surface area contributed by atoms with E-state index in [-0.39, 0.29) is 5.60 Å². The van der Waals surface area contributed by atoms with Crippen LogP contribution in [0.1, 0.15) is 45.1 Å². The molecule has 1 N–H and O–H groups in total. The zero-order chi connectivity index (χ0) is 13.6. The van der Waals surface area contributed by atoms with Crippen molar-refractivity contribution in [3.05, 3.63) is 30.1 Å². The molecule has 0 saturated carbocycles. The average Bonchev–Trinajstić information content (AvgIpc) is 2.45. The Labute approximate surface area is 116 Å². The Hall–Kier alpha value is -0.930. The number of pyridine rings is 1. The number of hydrogen-bond acceptors (Lipinski definition) is 3. The van der Waals surface area contributed by atoms with Crippen LogP contribution in [0, 0.1) is 0 Å². The fraction of sp³-hybridized carbons (Fsp3) is 0.688. The molecule has 2 heterocycles. The molecule has 2 unspecified atom stereocenters. The highest BCUT2D eigenvalue weighted by atomic mass is 16.5. The molecule has 1 aromatic heterocycles. The highest BCUT2D eigenvalue weighted by Crippen LogP contribution is 2.29. The number of nitrogens with one attached hydrogen (secondary N) is 1. The third-order valence-electron chi connectivity index (χ3n) is 4.07. The molecular formula is C16H26N2O. The standard InChI is InChI=1S/C16H26N2O/c1-3-9-18-15(13-14-6-10-17-11-7-14)16(2)8-4-5-12-19-16/h6-7,10-11,15,18H,3-5,8-9,12-13H2,1-2H3. The Balaban J connectivity index is 2.06. The molecule has 1 fully saturated rings. The Kier molecular flexibility index (Phi) is 5.34. The van der Waals surface area contributed by atoms with Crippen molar-refractivity contribution in [2.45, 2.75) is 57.6 Å². The fourth-order valence-electron chi connectivity index (χ4n) is 2.81. The molecule has 1 aliphatic heterocycles. The van der Waals surface area contributed by atoms with Crippen molar-refractivity contribution in [1.29, 1.82) is 0 Å². The molecule has 0 bridgehead atoms. The van der Waals surface area contributed by atoms with Gasteiger partial charge in [-0.25, -0.2) is 0 Å². The van der Waals surface area contributed by atoms with Crippen molar-refractivity contribution in [3.63, 3.8) is 0 Å². The van der Waals surface area contributed by atoms with Crippen LogP contribution in [0.5, 0.6) is 0 Å². The first-order valence-electron chi connectivity index (χ1n) is 7.51. The fourth-order valence-corrected chi connectivity index (χ4v) is 2.81. The highest BCUT2D eigenvalue weighted by molar-refractivity contribution is 5.13. The van der Waals surface area contributed by atoms with Gasteiger partial charge in [0.05, 0.1) is 5.60 Å². The Morgan fingerprint density at radius 3 is 2.79 bits per heavy atom. The first-order chi connectivity index (χ1) is 9.24. The summed E-state index contributed by atoms with van der Waals surface area (Å²) in [7, 11) is 0. The number of aromatic nitrogens is 1. The van der Waals surface area contributed by atoms with Crippen LogP contribution in [0.25, 0.3) is 0 Å². The molecule has 3 nitrogen and oxygen atoms in total. The lowest BCUT2D eigenvalue weighted by atomic mass is 9.84. The molecule has 0 amide bonds. The maximum atomic E-state index is 6.12. The van der Waals surface area contributed by atoms with E-state index >= 15 is 0 Å². The molecule has 0 aromatic carbocycles. The average molecular weight is 262 g/mol. The first-order valence-corrected chi connectivity index (χ1v) is 7.51. The van der Waals surface area contributed by atoms with Crippen molar-refractivity contribution in [1.82, 2.24) is 10.3 Å². The zero-order valence-corrected chi connectivity index (χ0v) is 12.2. The van der Waals surface area contributed by atoms with Crippen LogP contribution in [0.4, 0.5) is 0 Å². The zero-order valence-electron chi connectivity index (χ0n) is 12.2. The van der Waals surface area contributed by atoms with Crippen LogP contribution in [-0.4, -0.2) is 29.8 Å². The monoisotopic (exact) mass is 262 g/mol. The summed E-state index contributed by atoms with van der Waals surface area (Å²) in [5.41, 5.74) is 1.30. The van der Waals surface area contributed by atoms with Crippen molar-refractivity contribution in [2.24, 2.45) is 0 Å². The van der Waals surface area contributed by atoms with E-state index in [0.29, 0.717) is 6.04 Å². The largest absolute Gasteiger partial charge is 0.374 e. The summed E-state index contributed by atoms with van der Waals surface area (Å²) in [5, 5.41) is 3.68. The lowest BCUT2D eigenvalue weighted by molar-refractivity contribution is -0.0883. The van der Waals surface area contributed by atoms with Crippen molar-refractivity contribution in [3.8, 4) is 0 Å². The van der Waals surface area contributed by atoms with Crippen LogP contribution in [0.3, 0.4) is 0 Å². The minimum absolute atomic E-state index is 0.0311. The van der Waals surface area contributed by atoms with Gasteiger partial charge < -0.3 is 10.1 Å². The van der Waals surface area contributed by atoms with Gasteiger partial charge >= 0.3 is 0 Å². The van der Waals surface area contributed by atoms with Gasteiger partial charge in [0.15, 0.2) is 0 Å². The Morgan fingerprint density at radius 2 is 2.16 bits per heavy atom. The van der Waals surface area contributed by atoms with Crippen LogP contribution in [0.2, 0.25) is 0 Å². The van der Waals surface area contributed by atoms with Gasteiger partial charge in [-0.1, -0.05) is 6.92 Å². The smallest absolute Gasteiger partial charge is 0.0810 e. The second-order valence-corrected chi connectivity index (χ2v) is 5.68. The van der Waals surface area contributed by atoms with Gasteiger partial charge in [-0.3, -0.25) is 4.98 Å². The maximum absolute atomic E-state index is 6.12. The lowest BCUT2D eigenvalue weighted by Crippen LogP contribution is -2.53. The normalized spacial score (nSPS) is 25.2. The van der Waals surface area contributed by atoms with Crippen LogP contribution in [-0.2, 0) is 11.2 Å². The van der Waals surface area contributed by atoms with Gasteiger partial charge in [-0.15, -0.1) is 0 Å². The molecule has 19 heavy (non-hydrogen) atoms. The number of rotatable bonds is 6. The molecule has 1 aromatic rings. The van der Waals surface area contributed by atoms with Crippen LogP contribution in [0.15, 0.2) is 24.5 Å². The van der Waals surface area contributed by atoms with Crippen LogP contribution >= 0.6 is 0 Å². The quantitative estimate of drug-likeness (QED) is 0.856. The number of ether oxygens (including phenoxy) is 1. The second-order valence-electron chi connectivity index (χ2n) is 5.68. The highest BCUT2D eigenvalue weighted by Gasteiger charge is 2.36. The number of hydrogen-bond donors (Lipinski definition) is 1. The van der Waals surface area contributed by atoms with E-state index in [0.717, 1.165) is 32.4 Å². The van der Waals surface area contributed by atoms with Crippen molar-refractivity contribution in [2.75, 3.05) is 13.2 Å². The minimum Gasteiger partial charge on any atom is -0.374 e. The topological polar surface area (TPSA) is 34.2 Å². The molecule has 0 spiro atoms. The lowest BCUT2D eigenvalue weighted by Gasteiger charge is -2.41. The Morgan fingerprint density at radius 1 is 1.37 bits per heavy atom. The third-order valence-corrected chi connectivity index (χ3v) is 4.07. The van der Waals surface area contributed by atoms with Crippen molar-refractivity contribution >= 4 is 0 Å². The molecule has 1 aliphatic rings. The summed E-state index contributed by atoms with van der Waals surface area (Å²) in [6.45, 7) is 6.42. The molecule has 1 saturated heterocycles. The molecule has 0 radical (unpaired) electrons. The van der Waals surface area contributed by atoms with Gasteiger partial charge in [-0.05, 0) is 63.3 Å². The van der Waals surface area contributed by atoms with Gasteiger partial charge in [0.1, 0.15) is 0 Å². The minimum atomic E-state index is -0.0311. The summed E-state index contributed by atoms with van der Waals surface area (Å²) in [6, 6.07) is 4.59. The van der Waals surface area contributed by atoms with E-state index < -0.39 is 0 Å². The van der Waals surface area contributed by atoms with Gasteiger partial charge in [0.2, 0.25) is 0 Å². The SMILES string of the molecule is CCCNC(Cc1ccncc1)C1(C)CCCCO1. The van der Waals surface area contributed by atoms with Crippen molar-refractivity contribution < 1.29 is 4.74 Å². The van der Waals surface area contributed by atoms with Crippen LogP contribution < -0.4 is 5.32 Å². The molecule has 0 aliphatic carbocycles. The predicted molar refractivity (Wildman–Crippen MR) is 78.2 cm³/mol. The van der Waals surface area contributed by atoms with Gasteiger partial charge in [-0.2, -0.15) is 0 Å². The number of nitrogens with zero attached hydrogens (tertiary/aromatic N) is 1. The van der Waals surface area contributed by atoms with E-state index in [4.69, 9.17) is 4.74 Å². The molecule has 3 heteroatoms. The summed E-state index contributed by atoms with van der Waals surface area (Å²) >= 11 is 0. The third kappa shape index (κ3) is 4.02. The molecular weight excluding hydrogens is 236 g/mol. The van der Waals surface area contributed by atoms with E-state index in [2.05, 4.69) is 36.3 Å².